The molecule has 1 N–H and O–H groups in total. The highest BCUT2D eigenvalue weighted by Crippen LogP contribution is 2.19. The Morgan fingerprint density at radius 3 is 2.77 bits per heavy atom. The zero-order valence-corrected chi connectivity index (χ0v) is 18.0. The van der Waals surface area contributed by atoms with Gasteiger partial charge in [-0.15, -0.1) is 0 Å². The molecule has 3 rings (SSSR count). The van der Waals surface area contributed by atoms with E-state index in [9.17, 15) is 4.79 Å². The van der Waals surface area contributed by atoms with Crippen molar-refractivity contribution >= 4 is 16.9 Å². The van der Waals surface area contributed by atoms with Crippen LogP contribution >= 0.6 is 0 Å². The Morgan fingerprint density at radius 1 is 1.13 bits per heavy atom. The van der Waals surface area contributed by atoms with Crippen LogP contribution < -0.4 is 10.1 Å². The van der Waals surface area contributed by atoms with Gasteiger partial charge in [0.1, 0.15) is 11.6 Å². The second-order valence-corrected chi connectivity index (χ2v) is 7.57. The highest BCUT2D eigenvalue weighted by Gasteiger charge is 2.10. The summed E-state index contributed by atoms with van der Waals surface area (Å²) in [5.41, 5.74) is 4.73. The van der Waals surface area contributed by atoms with E-state index in [2.05, 4.69) is 60.6 Å². The standard InChI is InChI=1S/C25H31N3O2/c1-4-25(29)26-15-9-12-24-27-22-10-5-6-11-23(22)28(24)16-7-8-17-30-21-14-13-19(2)20(3)18-21/h4-6,10-11,13-14,18H,1,7-9,12,15-17H2,2-3H3,(H,26,29). The molecule has 30 heavy (non-hydrogen) atoms. The zero-order valence-electron chi connectivity index (χ0n) is 18.0. The van der Waals surface area contributed by atoms with Crippen LogP contribution in [0.25, 0.3) is 11.0 Å². The number of nitrogens with zero attached hydrogens (tertiary/aromatic N) is 2. The average Bonchev–Trinajstić information content (AvgIpc) is 3.10. The van der Waals surface area contributed by atoms with Gasteiger partial charge < -0.3 is 14.6 Å². The molecule has 0 aliphatic heterocycles. The van der Waals surface area contributed by atoms with E-state index in [4.69, 9.17) is 9.72 Å². The first-order chi connectivity index (χ1) is 14.6. The van der Waals surface area contributed by atoms with Crippen molar-refractivity contribution in [1.82, 2.24) is 14.9 Å². The van der Waals surface area contributed by atoms with Gasteiger partial charge in [-0.3, -0.25) is 4.79 Å². The van der Waals surface area contributed by atoms with E-state index in [0.717, 1.165) is 54.8 Å². The van der Waals surface area contributed by atoms with Crippen molar-refractivity contribution in [3.8, 4) is 5.75 Å². The molecular formula is C25H31N3O2. The summed E-state index contributed by atoms with van der Waals surface area (Å²) in [6.07, 6.45) is 4.97. The largest absolute Gasteiger partial charge is 0.494 e. The lowest BCUT2D eigenvalue weighted by Crippen LogP contribution is -2.22. The molecule has 0 saturated carbocycles. The van der Waals surface area contributed by atoms with Gasteiger partial charge in [0.2, 0.25) is 5.91 Å². The van der Waals surface area contributed by atoms with Gasteiger partial charge in [0, 0.05) is 19.5 Å². The lowest BCUT2D eigenvalue weighted by atomic mass is 10.1. The van der Waals surface area contributed by atoms with E-state index in [1.807, 2.05) is 12.1 Å². The summed E-state index contributed by atoms with van der Waals surface area (Å²) in [6.45, 7) is 9.93. The third-order valence-electron chi connectivity index (χ3n) is 5.32. The second-order valence-electron chi connectivity index (χ2n) is 7.57. The number of benzene rings is 2. The van der Waals surface area contributed by atoms with Crippen molar-refractivity contribution in [1.29, 1.82) is 0 Å². The van der Waals surface area contributed by atoms with E-state index in [1.54, 1.807) is 0 Å². The van der Waals surface area contributed by atoms with Crippen LogP contribution in [0.5, 0.6) is 5.75 Å². The number of nitrogens with one attached hydrogen (secondary N) is 1. The molecule has 5 nitrogen and oxygen atoms in total. The molecule has 2 aromatic carbocycles. The van der Waals surface area contributed by atoms with Crippen LogP contribution in [0.15, 0.2) is 55.1 Å². The maximum absolute atomic E-state index is 11.3. The van der Waals surface area contributed by atoms with E-state index < -0.39 is 0 Å². The van der Waals surface area contributed by atoms with Crippen LogP contribution in [0.1, 0.15) is 36.2 Å². The number of aromatic nitrogens is 2. The first kappa shape index (κ1) is 21.6. The number of rotatable bonds is 11. The Morgan fingerprint density at radius 2 is 1.97 bits per heavy atom. The minimum Gasteiger partial charge on any atom is -0.494 e. The molecule has 0 bridgehead atoms. The van der Waals surface area contributed by atoms with Crippen LogP contribution in [0, 0.1) is 13.8 Å². The monoisotopic (exact) mass is 405 g/mol. The first-order valence-corrected chi connectivity index (χ1v) is 10.6. The van der Waals surface area contributed by atoms with Crippen molar-refractivity contribution in [2.75, 3.05) is 13.2 Å². The van der Waals surface area contributed by atoms with Crippen molar-refractivity contribution < 1.29 is 9.53 Å². The first-order valence-electron chi connectivity index (χ1n) is 10.6. The van der Waals surface area contributed by atoms with Gasteiger partial charge in [0.05, 0.1) is 17.6 Å². The maximum Gasteiger partial charge on any atom is 0.243 e. The van der Waals surface area contributed by atoms with Crippen LogP contribution in [-0.4, -0.2) is 28.6 Å². The minimum atomic E-state index is -0.132. The molecule has 0 spiro atoms. The number of aryl methyl sites for hydroxylation is 4. The van der Waals surface area contributed by atoms with E-state index in [1.165, 1.54) is 17.2 Å². The molecule has 1 amide bonds. The topological polar surface area (TPSA) is 56.2 Å². The van der Waals surface area contributed by atoms with Gasteiger partial charge in [-0.2, -0.15) is 0 Å². The summed E-state index contributed by atoms with van der Waals surface area (Å²) in [5.74, 6) is 1.87. The summed E-state index contributed by atoms with van der Waals surface area (Å²) in [6, 6.07) is 14.5. The molecular weight excluding hydrogens is 374 g/mol. The molecule has 158 valence electrons. The Kier molecular flexibility index (Phi) is 7.66. The molecule has 1 aromatic heterocycles. The summed E-state index contributed by atoms with van der Waals surface area (Å²) in [7, 11) is 0. The number of imidazole rings is 1. The van der Waals surface area contributed by atoms with Gasteiger partial charge in [-0.1, -0.05) is 24.8 Å². The third kappa shape index (κ3) is 5.72. The fraction of sp³-hybridized carbons (Fsp3) is 0.360. The predicted octanol–water partition coefficient (Wildman–Crippen LogP) is 4.75. The normalized spacial score (nSPS) is 10.9. The average molecular weight is 406 g/mol. The third-order valence-corrected chi connectivity index (χ3v) is 5.32. The number of carbonyl (C=O) groups excluding carboxylic acids is 1. The number of carbonyl (C=O) groups is 1. The molecule has 0 unspecified atom stereocenters. The van der Waals surface area contributed by atoms with Crippen LogP contribution in [0.4, 0.5) is 0 Å². The van der Waals surface area contributed by atoms with Gasteiger partial charge in [-0.05, 0) is 74.6 Å². The minimum absolute atomic E-state index is 0.132. The van der Waals surface area contributed by atoms with Crippen molar-refractivity contribution in [3.05, 3.63) is 72.1 Å². The molecule has 1 heterocycles. The molecule has 3 aromatic rings. The quantitative estimate of drug-likeness (QED) is 0.370. The molecule has 0 aliphatic carbocycles. The van der Waals surface area contributed by atoms with E-state index >= 15 is 0 Å². The van der Waals surface area contributed by atoms with Gasteiger partial charge >= 0.3 is 0 Å². The van der Waals surface area contributed by atoms with Gasteiger partial charge in [-0.25, -0.2) is 4.98 Å². The summed E-state index contributed by atoms with van der Waals surface area (Å²) in [4.78, 5) is 16.1. The summed E-state index contributed by atoms with van der Waals surface area (Å²) >= 11 is 0. The Hall–Kier alpha value is -3.08. The second kappa shape index (κ2) is 10.6. The molecule has 0 atom stereocenters. The number of unbranched alkanes of at least 4 members (excludes halogenated alkanes) is 1. The number of hydrogen-bond donors (Lipinski definition) is 1. The number of hydrogen-bond acceptors (Lipinski definition) is 3. The lowest BCUT2D eigenvalue weighted by molar-refractivity contribution is -0.116. The number of amides is 1. The fourth-order valence-electron chi connectivity index (χ4n) is 3.46. The smallest absolute Gasteiger partial charge is 0.243 e. The summed E-state index contributed by atoms with van der Waals surface area (Å²) < 4.78 is 8.22. The van der Waals surface area contributed by atoms with Crippen LogP contribution in [0.3, 0.4) is 0 Å². The highest BCUT2D eigenvalue weighted by atomic mass is 16.5. The number of para-hydroxylation sites is 2. The molecule has 5 heteroatoms. The van der Waals surface area contributed by atoms with E-state index in [0.29, 0.717) is 13.2 Å². The van der Waals surface area contributed by atoms with Gasteiger partial charge in [0.15, 0.2) is 0 Å². The van der Waals surface area contributed by atoms with Crippen molar-refractivity contribution in [2.45, 2.75) is 46.1 Å². The Labute approximate surface area is 178 Å². The molecule has 0 radical (unpaired) electrons. The SMILES string of the molecule is C=CC(=O)NCCCc1nc2ccccc2n1CCCCOc1ccc(C)c(C)c1. The Balaban J connectivity index is 1.54. The molecule has 0 saturated heterocycles. The van der Waals surface area contributed by atoms with E-state index in [-0.39, 0.29) is 5.91 Å². The Bertz CT molecular complexity index is 1010. The summed E-state index contributed by atoms with van der Waals surface area (Å²) in [5, 5.41) is 2.83. The maximum atomic E-state index is 11.3. The fourth-order valence-corrected chi connectivity index (χ4v) is 3.46. The highest BCUT2D eigenvalue weighted by molar-refractivity contribution is 5.86. The van der Waals surface area contributed by atoms with Crippen molar-refractivity contribution in [2.24, 2.45) is 0 Å². The number of ether oxygens (including phenoxy) is 1. The lowest BCUT2D eigenvalue weighted by Gasteiger charge is -2.11. The van der Waals surface area contributed by atoms with Gasteiger partial charge in [0.25, 0.3) is 0 Å². The predicted molar refractivity (Wildman–Crippen MR) is 122 cm³/mol. The van der Waals surface area contributed by atoms with Crippen molar-refractivity contribution in [3.63, 3.8) is 0 Å². The zero-order chi connectivity index (χ0) is 21.3. The van der Waals surface area contributed by atoms with Crippen LogP contribution in [-0.2, 0) is 17.8 Å². The molecule has 0 fully saturated rings. The van der Waals surface area contributed by atoms with Crippen LogP contribution in [0.2, 0.25) is 0 Å². The molecule has 0 aliphatic rings. The number of fused-ring (bicyclic) bond motifs is 1.